The van der Waals surface area contributed by atoms with Gasteiger partial charge in [0.2, 0.25) is 0 Å². The zero-order chi connectivity index (χ0) is 19.3. The first-order valence-corrected chi connectivity index (χ1v) is 9.52. The summed E-state index contributed by atoms with van der Waals surface area (Å²) in [5.74, 6) is 0.105. The molecule has 4 rings (SSSR count). The molecule has 1 aliphatic rings. The van der Waals surface area contributed by atoms with Crippen LogP contribution in [0.4, 0.5) is 0 Å². The summed E-state index contributed by atoms with van der Waals surface area (Å²) in [7, 11) is 0. The Morgan fingerprint density at radius 1 is 0.964 bits per heavy atom. The van der Waals surface area contributed by atoms with Gasteiger partial charge in [-0.25, -0.2) is 0 Å². The van der Waals surface area contributed by atoms with E-state index in [0.717, 1.165) is 24.1 Å². The molecule has 1 aromatic heterocycles. The van der Waals surface area contributed by atoms with Gasteiger partial charge in [-0.1, -0.05) is 30.3 Å². The van der Waals surface area contributed by atoms with Gasteiger partial charge >= 0.3 is 0 Å². The fourth-order valence-electron chi connectivity index (χ4n) is 3.66. The Morgan fingerprint density at radius 2 is 1.68 bits per heavy atom. The van der Waals surface area contributed by atoms with Crippen molar-refractivity contribution in [2.45, 2.75) is 19.3 Å². The van der Waals surface area contributed by atoms with Gasteiger partial charge in [0.05, 0.1) is 0 Å². The van der Waals surface area contributed by atoms with Crippen molar-refractivity contribution < 1.29 is 9.59 Å². The molecule has 6 heteroatoms. The summed E-state index contributed by atoms with van der Waals surface area (Å²) in [6.07, 6.45) is 5.37. The van der Waals surface area contributed by atoms with Crippen LogP contribution in [0.2, 0.25) is 0 Å². The molecule has 1 saturated heterocycles. The highest BCUT2D eigenvalue weighted by molar-refractivity contribution is 5.95. The second kappa shape index (κ2) is 8.17. The smallest absolute Gasteiger partial charge is 0.253 e. The number of nitrogens with zero attached hydrogens (tertiary/aromatic N) is 4. The summed E-state index contributed by atoms with van der Waals surface area (Å²) in [4.78, 5) is 27.4. The van der Waals surface area contributed by atoms with Crippen molar-refractivity contribution in [3.8, 4) is 5.69 Å². The number of piperidine rings is 1. The molecule has 2 aromatic carbocycles. The lowest BCUT2D eigenvalue weighted by molar-refractivity contribution is -0.123. The maximum atomic E-state index is 12.9. The van der Waals surface area contributed by atoms with Crippen molar-refractivity contribution in [1.29, 1.82) is 0 Å². The maximum Gasteiger partial charge on any atom is 0.253 e. The lowest BCUT2D eigenvalue weighted by atomic mass is 9.90. The third kappa shape index (κ3) is 4.01. The van der Waals surface area contributed by atoms with E-state index in [-0.39, 0.29) is 17.6 Å². The minimum atomic E-state index is -0.0887. The third-order valence-corrected chi connectivity index (χ3v) is 5.22. The normalized spacial score (nSPS) is 16.7. The van der Waals surface area contributed by atoms with E-state index in [1.54, 1.807) is 17.2 Å². The number of hydrogen-bond acceptors (Lipinski definition) is 4. The number of ketones is 1. The minimum Gasteiger partial charge on any atom is -0.338 e. The monoisotopic (exact) mass is 374 g/mol. The molecule has 1 unspecified atom stereocenters. The first kappa shape index (κ1) is 18.1. The number of likely N-dealkylation sites (tertiary alicyclic amines) is 1. The average Bonchev–Trinajstić information content (AvgIpc) is 3.29. The van der Waals surface area contributed by atoms with Crippen LogP contribution in [0.3, 0.4) is 0 Å². The molecule has 0 aliphatic carbocycles. The lowest BCUT2D eigenvalue weighted by Gasteiger charge is -2.32. The van der Waals surface area contributed by atoms with Gasteiger partial charge in [-0.05, 0) is 42.7 Å². The van der Waals surface area contributed by atoms with Gasteiger partial charge in [0, 0.05) is 36.7 Å². The Labute approximate surface area is 163 Å². The van der Waals surface area contributed by atoms with E-state index in [2.05, 4.69) is 10.2 Å². The zero-order valence-electron chi connectivity index (χ0n) is 15.6. The van der Waals surface area contributed by atoms with Crippen molar-refractivity contribution in [3.05, 3.63) is 78.4 Å². The molecule has 142 valence electrons. The van der Waals surface area contributed by atoms with E-state index in [4.69, 9.17) is 0 Å². The molecule has 1 amide bonds. The first-order chi connectivity index (χ1) is 13.7. The zero-order valence-corrected chi connectivity index (χ0v) is 15.6. The SMILES string of the molecule is O=C(Cc1ccccc1)C1CCCN(C(=O)c2ccc(-n3cnnc3)cc2)C1. The molecule has 1 atom stereocenters. The second-order valence-corrected chi connectivity index (χ2v) is 7.14. The Kier molecular flexibility index (Phi) is 5.28. The standard InChI is InChI=1S/C22H22N4O2/c27-21(13-17-5-2-1-3-6-17)19-7-4-12-25(14-19)22(28)18-8-10-20(11-9-18)26-15-23-24-16-26/h1-3,5-6,8-11,15-16,19H,4,7,12-14H2. The van der Waals surface area contributed by atoms with Crippen LogP contribution in [0.15, 0.2) is 67.3 Å². The molecule has 28 heavy (non-hydrogen) atoms. The molecular weight excluding hydrogens is 352 g/mol. The van der Waals surface area contributed by atoms with Crippen molar-refractivity contribution in [2.24, 2.45) is 5.92 Å². The van der Waals surface area contributed by atoms with E-state index in [9.17, 15) is 9.59 Å². The van der Waals surface area contributed by atoms with E-state index in [1.807, 2.05) is 59.5 Å². The Bertz CT molecular complexity index is 936. The van der Waals surface area contributed by atoms with Crippen LogP contribution >= 0.6 is 0 Å². The van der Waals surface area contributed by atoms with Crippen LogP contribution < -0.4 is 0 Å². The minimum absolute atomic E-state index is 0.0208. The van der Waals surface area contributed by atoms with Crippen molar-refractivity contribution in [2.75, 3.05) is 13.1 Å². The van der Waals surface area contributed by atoms with Crippen LogP contribution in [0.5, 0.6) is 0 Å². The van der Waals surface area contributed by atoms with E-state index < -0.39 is 0 Å². The molecule has 0 bridgehead atoms. The molecule has 0 spiro atoms. The molecule has 1 aliphatic heterocycles. The van der Waals surface area contributed by atoms with Gasteiger partial charge < -0.3 is 4.90 Å². The van der Waals surface area contributed by atoms with Gasteiger partial charge in [0.25, 0.3) is 5.91 Å². The van der Waals surface area contributed by atoms with Gasteiger partial charge in [-0.2, -0.15) is 0 Å². The Balaban J connectivity index is 1.41. The summed E-state index contributed by atoms with van der Waals surface area (Å²) >= 11 is 0. The van der Waals surface area contributed by atoms with Crippen LogP contribution in [-0.4, -0.2) is 44.4 Å². The number of aromatic nitrogens is 3. The average molecular weight is 374 g/mol. The van der Waals surface area contributed by atoms with Crippen LogP contribution in [0.1, 0.15) is 28.8 Å². The molecule has 1 fully saturated rings. The van der Waals surface area contributed by atoms with Gasteiger partial charge in [-0.15, -0.1) is 10.2 Å². The largest absolute Gasteiger partial charge is 0.338 e. The van der Waals surface area contributed by atoms with Crippen LogP contribution in [0, 0.1) is 5.92 Å². The van der Waals surface area contributed by atoms with Gasteiger partial charge in [-0.3, -0.25) is 14.2 Å². The topological polar surface area (TPSA) is 68.1 Å². The molecule has 6 nitrogen and oxygen atoms in total. The number of carbonyl (C=O) groups excluding carboxylic acids is 2. The molecule has 0 saturated carbocycles. The summed E-state index contributed by atoms with van der Waals surface area (Å²) < 4.78 is 1.79. The van der Waals surface area contributed by atoms with Crippen LogP contribution in [-0.2, 0) is 11.2 Å². The highest BCUT2D eigenvalue weighted by Gasteiger charge is 2.28. The van der Waals surface area contributed by atoms with E-state index in [0.29, 0.717) is 25.1 Å². The van der Waals surface area contributed by atoms with E-state index >= 15 is 0 Å². The highest BCUT2D eigenvalue weighted by atomic mass is 16.2. The highest BCUT2D eigenvalue weighted by Crippen LogP contribution is 2.21. The quantitative estimate of drug-likeness (QED) is 0.689. The first-order valence-electron chi connectivity index (χ1n) is 9.52. The molecule has 0 radical (unpaired) electrons. The molecule has 0 N–H and O–H groups in total. The van der Waals surface area contributed by atoms with Crippen molar-refractivity contribution in [1.82, 2.24) is 19.7 Å². The van der Waals surface area contributed by atoms with Crippen molar-refractivity contribution >= 4 is 11.7 Å². The number of carbonyl (C=O) groups is 2. The fourth-order valence-corrected chi connectivity index (χ4v) is 3.66. The molecule has 3 aromatic rings. The number of Topliss-reactive ketones (excluding diaryl/α,β-unsaturated/α-hetero) is 1. The van der Waals surface area contributed by atoms with Gasteiger partial charge in [0.15, 0.2) is 0 Å². The summed E-state index contributed by atoms with van der Waals surface area (Å²) in [6, 6.07) is 17.2. The van der Waals surface area contributed by atoms with Crippen LogP contribution in [0.25, 0.3) is 5.69 Å². The molecular formula is C22H22N4O2. The second-order valence-electron chi connectivity index (χ2n) is 7.14. The van der Waals surface area contributed by atoms with E-state index in [1.165, 1.54) is 0 Å². The predicted octanol–water partition coefficient (Wildman–Crippen LogP) is 2.93. The fraction of sp³-hybridized carbons (Fsp3) is 0.273. The Morgan fingerprint density at radius 3 is 2.39 bits per heavy atom. The third-order valence-electron chi connectivity index (χ3n) is 5.22. The number of benzene rings is 2. The number of hydrogen-bond donors (Lipinski definition) is 0. The predicted molar refractivity (Wildman–Crippen MR) is 105 cm³/mol. The summed E-state index contributed by atoms with van der Waals surface area (Å²) in [5, 5.41) is 7.58. The van der Waals surface area contributed by atoms with Gasteiger partial charge in [0.1, 0.15) is 18.4 Å². The van der Waals surface area contributed by atoms with Crippen molar-refractivity contribution in [3.63, 3.8) is 0 Å². The summed E-state index contributed by atoms with van der Waals surface area (Å²) in [5.41, 5.74) is 2.56. The summed E-state index contributed by atoms with van der Waals surface area (Å²) in [6.45, 7) is 1.19. The molecule has 2 heterocycles. The Hall–Kier alpha value is -3.28. The number of amides is 1. The lowest BCUT2D eigenvalue weighted by Crippen LogP contribution is -2.42. The maximum absolute atomic E-state index is 12.9. The number of rotatable bonds is 5.